The van der Waals surface area contributed by atoms with Gasteiger partial charge in [-0.15, -0.1) is 13.2 Å². The predicted molar refractivity (Wildman–Crippen MR) is 205 cm³/mol. The number of halogens is 6. The fourth-order valence-electron chi connectivity index (χ4n) is 8.37. The van der Waals surface area contributed by atoms with Crippen LogP contribution >= 0.6 is 0 Å². The molecular formula is C42H43F6N5O5. The number of ketones is 1. The number of rotatable bonds is 10. The maximum atomic E-state index is 14.2. The SMILES string of the molecule is Cn1cc(-c2ccc(CC3CCN(CC(=O)C4CCN(c5ccc(NC6CCC(=O)NC6=O)cc5C(F)(F)F)CC4)CC3)c(OC(F)(F)F)c2)c2ccccc2c1=O. The first-order valence-electron chi connectivity index (χ1n) is 19.3. The van der Waals surface area contributed by atoms with Crippen LogP contribution in [0.25, 0.3) is 21.9 Å². The first kappa shape index (κ1) is 40.8. The predicted octanol–water partition coefficient (Wildman–Crippen LogP) is 7.08. The van der Waals surface area contributed by atoms with E-state index < -0.39 is 36.0 Å². The Morgan fingerprint density at radius 3 is 2.24 bits per heavy atom. The number of pyridine rings is 1. The van der Waals surface area contributed by atoms with E-state index in [-0.39, 0.29) is 72.8 Å². The molecule has 1 aromatic heterocycles. The number of alkyl halides is 6. The molecule has 0 aliphatic carbocycles. The second-order valence-corrected chi connectivity index (χ2v) is 15.4. The van der Waals surface area contributed by atoms with Crippen molar-refractivity contribution in [3.63, 3.8) is 0 Å². The van der Waals surface area contributed by atoms with Crippen LogP contribution < -0.4 is 25.8 Å². The summed E-state index contributed by atoms with van der Waals surface area (Å²) in [6.45, 7) is 1.83. The van der Waals surface area contributed by atoms with Gasteiger partial charge in [-0.05, 0) is 104 Å². The molecule has 3 aliphatic rings. The van der Waals surface area contributed by atoms with Crippen molar-refractivity contribution in [3.8, 4) is 16.9 Å². The monoisotopic (exact) mass is 811 g/mol. The van der Waals surface area contributed by atoms with Crippen molar-refractivity contribution in [2.75, 3.05) is 42.9 Å². The van der Waals surface area contributed by atoms with E-state index in [1.807, 2.05) is 4.90 Å². The number of Topliss-reactive ketones (excluding diaryl/α,β-unsaturated/α-hetero) is 1. The molecule has 58 heavy (non-hydrogen) atoms. The number of amides is 2. The first-order chi connectivity index (χ1) is 27.5. The summed E-state index contributed by atoms with van der Waals surface area (Å²) in [6, 6.07) is 14.7. The minimum absolute atomic E-state index is 0.00627. The van der Waals surface area contributed by atoms with Gasteiger partial charge >= 0.3 is 12.5 Å². The number of aryl methyl sites for hydroxylation is 1. The van der Waals surface area contributed by atoms with Crippen LogP contribution in [0.4, 0.5) is 37.7 Å². The molecule has 2 amide bonds. The van der Waals surface area contributed by atoms with Crippen molar-refractivity contribution in [2.24, 2.45) is 18.9 Å². The van der Waals surface area contributed by atoms with Gasteiger partial charge in [0.15, 0.2) is 0 Å². The molecule has 308 valence electrons. The Balaban J connectivity index is 0.941. The highest BCUT2D eigenvalue weighted by atomic mass is 19.4. The topological polar surface area (TPSA) is 113 Å². The number of likely N-dealkylation sites (tertiary alicyclic amines) is 1. The molecular weight excluding hydrogens is 768 g/mol. The Kier molecular flexibility index (Phi) is 11.6. The first-order valence-corrected chi connectivity index (χ1v) is 19.3. The van der Waals surface area contributed by atoms with Gasteiger partial charge in [-0.1, -0.05) is 30.3 Å². The smallest absolute Gasteiger partial charge is 0.405 e. The van der Waals surface area contributed by atoms with Gasteiger partial charge in [0.2, 0.25) is 11.8 Å². The molecule has 4 aromatic rings. The lowest BCUT2D eigenvalue weighted by molar-refractivity contribution is -0.274. The minimum atomic E-state index is -4.92. The lowest BCUT2D eigenvalue weighted by atomic mass is 9.88. The molecule has 0 radical (unpaired) electrons. The molecule has 0 bridgehead atoms. The molecule has 0 saturated carbocycles. The van der Waals surface area contributed by atoms with E-state index in [1.165, 1.54) is 22.8 Å². The van der Waals surface area contributed by atoms with Crippen LogP contribution in [0.1, 0.15) is 49.7 Å². The summed E-state index contributed by atoms with van der Waals surface area (Å²) in [6.07, 6.45) is -5.32. The van der Waals surface area contributed by atoms with Crippen molar-refractivity contribution >= 4 is 39.7 Å². The van der Waals surface area contributed by atoms with Crippen molar-refractivity contribution < 1.29 is 45.5 Å². The number of piperidine rings is 3. The van der Waals surface area contributed by atoms with E-state index in [2.05, 4.69) is 15.4 Å². The van der Waals surface area contributed by atoms with Crippen molar-refractivity contribution in [3.05, 3.63) is 88.3 Å². The lowest BCUT2D eigenvalue weighted by Gasteiger charge is -2.36. The van der Waals surface area contributed by atoms with Crippen LogP contribution in [0.15, 0.2) is 71.7 Å². The van der Waals surface area contributed by atoms with Crippen LogP contribution in [0.2, 0.25) is 0 Å². The minimum Gasteiger partial charge on any atom is -0.405 e. The van der Waals surface area contributed by atoms with Gasteiger partial charge in [-0.2, -0.15) is 13.2 Å². The van der Waals surface area contributed by atoms with E-state index in [0.717, 1.165) is 6.07 Å². The number of fused-ring (bicyclic) bond motifs is 1. The zero-order valence-electron chi connectivity index (χ0n) is 31.7. The number of ether oxygens (including phenoxy) is 1. The third-order valence-corrected chi connectivity index (χ3v) is 11.5. The molecule has 3 fully saturated rings. The highest BCUT2D eigenvalue weighted by molar-refractivity contribution is 6.01. The second kappa shape index (κ2) is 16.5. The molecule has 16 heteroatoms. The van der Waals surface area contributed by atoms with Crippen LogP contribution in [0, 0.1) is 11.8 Å². The molecule has 7 rings (SSSR count). The molecule has 2 N–H and O–H groups in total. The quantitative estimate of drug-likeness (QED) is 0.129. The molecule has 3 aromatic carbocycles. The third kappa shape index (κ3) is 9.32. The number of aromatic nitrogens is 1. The van der Waals surface area contributed by atoms with Crippen LogP contribution in [0.3, 0.4) is 0 Å². The molecule has 3 saturated heterocycles. The van der Waals surface area contributed by atoms with Crippen LogP contribution in [0.5, 0.6) is 5.75 Å². The number of nitrogens with zero attached hydrogens (tertiary/aromatic N) is 3. The highest BCUT2D eigenvalue weighted by Gasteiger charge is 2.38. The standard InChI is InChI=1S/C42H43F6N5O5/c1-51-23-32(30-4-2-3-5-31(30)40(51)57)27-6-7-28(37(21-27)58-42(46,47)48)20-25-12-16-52(17-13-25)24-36(54)26-14-18-53(19-15-26)35-10-8-29(22-33(35)41(43,44)45)49-34-9-11-38(55)50-39(34)56/h2-8,10,21-23,25-26,34,49H,9,11-20,24H2,1H3,(H,50,55,56). The summed E-state index contributed by atoms with van der Waals surface area (Å²) >= 11 is 0. The van der Waals surface area contributed by atoms with E-state index in [4.69, 9.17) is 0 Å². The number of hydrogen-bond acceptors (Lipinski definition) is 8. The average molecular weight is 812 g/mol. The highest BCUT2D eigenvalue weighted by Crippen LogP contribution is 2.40. The number of hydrogen-bond donors (Lipinski definition) is 2. The van der Waals surface area contributed by atoms with Gasteiger partial charge in [0.25, 0.3) is 5.56 Å². The Morgan fingerprint density at radius 2 is 1.57 bits per heavy atom. The van der Waals surface area contributed by atoms with Crippen LogP contribution in [-0.4, -0.2) is 72.2 Å². The zero-order valence-corrected chi connectivity index (χ0v) is 31.7. The Bertz CT molecular complexity index is 2260. The molecule has 0 spiro atoms. The summed E-state index contributed by atoms with van der Waals surface area (Å²) in [5.74, 6) is -1.57. The Labute approximate surface area is 330 Å². The number of carbonyl (C=O) groups excluding carboxylic acids is 3. The largest absolute Gasteiger partial charge is 0.573 e. The van der Waals surface area contributed by atoms with Gasteiger partial charge < -0.3 is 19.5 Å². The van der Waals surface area contributed by atoms with Crippen molar-refractivity contribution in [1.82, 2.24) is 14.8 Å². The number of carbonyl (C=O) groups is 3. The molecule has 3 aliphatic heterocycles. The Hall–Kier alpha value is -5.38. The normalized spacial score (nSPS) is 19.0. The van der Waals surface area contributed by atoms with Crippen LogP contribution in [-0.2, 0) is 34.0 Å². The van der Waals surface area contributed by atoms with Gasteiger partial charge in [-0.25, -0.2) is 0 Å². The summed E-state index contributed by atoms with van der Waals surface area (Å²) < 4.78 is 89.6. The second-order valence-electron chi connectivity index (χ2n) is 15.4. The van der Waals surface area contributed by atoms with E-state index in [0.29, 0.717) is 72.7 Å². The summed E-state index contributed by atoms with van der Waals surface area (Å²) in [7, 11) is 1.59. The maximum absolute atomic E-state index is 14.2. The van der Waals surface area contributed by atoms with Gasteiger partial charge in [0, 0.05) is 61.0 Å². The average Bonchev–Trinajstić information content (AvgIpc) is 3.18. The Morgan fingerprint density at radius 1 is 0.862 bits per heavy atom. The summed E-state index contributed by atoms with van der Waals surface area (Å²) in [4.78, 5) is 53.3. The maximum Gasteiger partial charge on any atom is 0.573 e. The van der Waals surface area contributed by atoms with Crippen molar-refractivity contribution in [1.29, 1.82) is 0 Å². The number of anilines is 2. The summed E-state index contributed by atoms with van der Waals surface area (Å²) in [5.41, 5.74) is 0.515. The summed E-state index contributed by atoms with van der Waals surface area (Å²) in [5, 5.41) is 6.06. The molecule has 1 atom stereocenters. The van der Waals surface area contributed by atoms with Crippen molar-refractivity contribution in [2.45, 2.75) is 63.5 Å². The number of benzene rings is 3. The lowest BCUT2D eigenvalue weighted by Crippen LogP contribution is -2.47. The fourth-order valence-corrected chi connectivity index (χ4v) is 8.37. The number of nitrogens with one attached hydrogen (secondary N) is 2. The van der Waals surface area contributed by atoms with E-state index >= 15 is 0 Å². The van der Waals surface area contributed by atoms with Gasteiger partial charge in [0.1, 0.15) is 17.6 Å². The third-order valence-electron chi connectivity index (χ3n) is 11.5. The molecule has 4 heterocycles. The van der Waals surface area contributed by atoms with E-state index in [9.17, 15) is 45.5 Å². The number of imide groups is 1. The van der Waals surface area contributed by atoms with E-state index in [1.54, 1.807) is 54.5 Å². The van der Waals surface area contributed by atoms with Gasteiger partial charge in [-0.3, -0.25) is 29.4 Å². The van der Waals surface area contributed by atoms with Gasteiger partial charge in [0.05, 0.1) is 12.1 Å². The molecule has 10 nitrogen and oxygen atoms in total. The zero-order chi connectivity index (χ0) is 41.4. The fraction of sp³-hybridized carbons (Fsp3) is 0.429. The molecule has 1 unspecified atom stereocenters.